The summed E-state index contributed by atoms with van der Waals surface area (Å²) in [5.74, 6) is 0. The Morgan fingerprint density at radius 3 is 1.86 bits per heavy atom. The average molecular weight is 566 g/mol. The number of para-hydroxylation sites is 3. The first-order chi connectivity index (χ1) is 21.5. The van der Waals surface area contributed by atoms with E-state index in [0.717, 1.165) is 55.1 Å². The van der Waals surface area contributed by atoms with Gasteiger partial charge >= 0.3 is 0 Å². The van der Waals surface area contributed by atoms with E-state index in [1.807, 2.05) is 12.1 Å². The number of hydrogen-bond donors (Lipinski definition) is 0. The normalized spacial score (nSPS) is 13.8. The fraction of sp³-hybridized carbons (Fsp3) is 0.0750. The molecule has 0 radical (unpaired) electrons. The summed E-state index contributed by atoms with van der Waals surface area (Å²) in [6, 6.07) is 47.0. The minimum atomic E-state index is -0.110. The topological polar surface area (TPSA) is 45.1 Å². The van der Waals surface area contributed by atoms with Crippen molar-refractivity contribution in [2.75, 3.05) is 4.90 Å². The second-order valence-corrected chi connectivity index (χ2v) is 12.2. The SMILES string of the molecule is CC1(C)c2ccccc2N(c2ccc3oc4ccc(-n5c6ccccc6c6cc(C#N)ccc65)cc4c3c2)c2ccccc21. The highest BCUT2D eigenvalue weighted by atomic mass is 16.3. The van der Waals surface area contributed by atoms with Gasteiger partial charge in [0.15, 0.2) is 0 Å². The summed E-state index contributed by atoms with van der Waals surface area (Å²) < 4.78 is 8.67. The zero-order valence-corrected chi connectivity index (χ0v) is 24.4. The highest BCUT2D eigenvalue weighted by Gasteiger charge is 2.36. The Morgan fingerprint density at radius 1 is 0.568 bits per heavy atom. The third kappa shape index (κ3) is 3.32. The van der Waals surface area contributed by atoms with Crippen molar-refractivity contribution in [2.24, 2.45) is 0 Å². The zero-order chi connectivity index (χ0) is 29.6. The first-order valence-electron chi connectivity index (χ1n) is 14.9. The van der Waals surface area contributed by atoms with E-state index in [2.05, 4.69) is 145 Å². The number of nitriles is 1. The molecule has 1 aliphatic heterocycles. The highest BCUT2D eigenvalue weighted by Crippen LogP contribution is 2.52. The fourth-order valence-corrected chi connectivity index (χ4v) is 7.30. The number of fused-ring (bicyclic) bond motifs is 8. The lowest BCUT2D eigenvalue weighted by Crippen LogP contribution is -2.30. The lowest BCUT2D eigenvalue weighted by Gasteiger charge is -2.42. The number of hydrogen-bond acceptors (Lipinski definition) is 3. The molecule has 0 spiro atoms. The molecule has 0 saturated carbocycles. The van der Waals surface area contributed by atoms with E-state index in [-0.39, 0.29) is 5.41 Å². The van der Waals surface area contributed by atoms with Crippen molar-refractivity contribution in [2.45, 2.75) is 19.3 Å². The Balaban J connectivity index is 1.27. The second kappa shape index (κ2) is 8.86. The van der Waals surface area contributed by atoms with Gasteiger partial charge in [-0.2, -0.15) is 5.26 Å². The molecule has 4 nitrogen and oxygen atoms in total. The number of anilines is 3. The lowest BCUT2D eigenvalue weighted by molar-refractivity contribution is 0.632. The van der Waals surface area contributed by atoms with E-state index in [9.17, 15) is 5.26 Å². The monoisotopic (exact) mass is 565 g/mol. The minimum Gasteiger partial charge on any atom is -0.456 e. The average Bonchev–Trinajstić information content (AvgIpc) is 3.59. The minimum absolute atomic E-state index is 0.110. The number of nitrogens with zero attached hydrogens (tertiary/aromatic N) is 3. The van der Waals surface area contributed by atoms with Gasteiger partial charge < -0.3 is 13.9 Å². The van der Waals surface area contributed by atoms with E-state index in [0.29, 0.717) is 5.56 Å². The lowest BCUT2D eigenvalue weighted by atomic mass is 9.73. The quantitative estimate of drug-likeness (QED) is 0.209. The van der Waals surface area contributed by atoms with Crippen LogP contribution in [0.1, 0.15) is 30.5 Å². The van der Waals surface area contributed by atoms with Crippen LogP contribution in [0.2, 0.25) is 0 Å². The fourth-order valence-electron chi connectivity index (χ4n) is 7.30. The van der Waals surface area contributed by atoms with E-state index in [4.69, 9.17) is 4.42 Å². The smallest absolute Gasteiger partial charge is 0.135 e. The van der Waals surface area contributed by atoms with Crippen molar-refractivity contribution in [1.82, 2.24) is 4.57 Å². The maximum absolute atomic E-state index is 9.57. The maximum Gasteiger partial charge on any atom is 0.135 e. The molecule has 8 aromatic rings. The summed E-state index contributed by atoms with van der Waals surface area (Å²) in [5, 5.41) is 13.9. The first kappa shape index (κ1) is 24.8. The number of furan rings is 1. The molecule has 0 bridgehead atoms. The van der Waals surface area contributed by atoms with Crippen LogP contribution in [0.25, 0.3) is 49.4 Å². The van der Waals surface area contributed by atoms with Crippen LogP contribution in [0.3, 0.4) is 0 Å². The van der Waals surface area contributed by atoms with Crippen LogP contribution < -0.4 is 4.90 Å². The van der Waals surface area contributed by atoms with Crippen LogP contribution in [0.5, 0.6) is 0 Å². The molecule has 208 valence electrons. The van der Waals surface area contributed by atoms with Crippen molar-refractivity contribution in [1.29, 1.82) is 5.26 Å². The van der Waals surface area contributed by atoms with Crippen molar-refractivity contribution < 1.29 is 4.42 Å². The first-order valence-corrected chi connectivity index (χ1v) is 14.9. The van der Waals surface area contributed by atoms with Crippen molar-refractivity contribution >= 4 is 60.8 Å². The Bertz CT molecular complexity index is 2460. The van der Waals surface area contributed by atoms with Gasteiger partial charge in [0.1, 0.15) is 11.2 Å². The molecule has 1 aliphatic rings. The Hall–Kier alpha value is -5.79. The van der Waals surface area contributed by atoms with E-state index >= 15 is 0 Å². The molecule has 4 heteroatoms. The second-order valence-electron chi connectivity index (χ2n) is 12.2. The predicted molar refractivity (Wildman–Crippen MR) is 180 cm³/mol. The largest absolute Gasteiger partial charge is 0.456 e. The number of rotatable bonds is 2. The predicted octanol–water partition coefficient (Wildman–Crippen LogP) is 10.7. The number of aromatic nitrogens is 1. The van der Waals surface area contributed by atoms with Gasteiger partial charge in [-0.3, -0.25) is 0 Å². The van der Waals surface area contributed by atoms with Crippen LogP contribution in [-0.4, -0.2) is 4.57 Å². The summed E-state index contributed by atoms with van der Waals surface area (Å²) in [6.07, 6.45) is 0. The molecule has 0 amide bonds. The summed E-state index contributed by atoms with van der Waals surface area (Å²) in [6.45, 7) is 4.62. The van der Waals surface area contributed by atoms with Crippen LogP contribution in [0.15, 0.2) is 132 Å². The number of benzene rings is 6. The van der Waals surface area contributed by atoms with E-state index in [1.165, 1.54) is 22.5 Å². The van der Waals surface area contributed by atoms with Gasteiger partial charge in [0.2, 0.25) is 0 Å². The summed E-state index contributed by atoms with van der Waals surface area (Å²) >= 11 is 0. The van der Waals surface area contributed by atoms with Gasteiger partial charge in [-0.15, -0.1) is 0 Å². The van der Waals surface area contributed by atoms with Gasteiger partial charge in [0.05, 0.1) is 34.0 Å². The Kier molecular flexibility index (Phi) is 4.99. The molecular formula is C40H27N3O. The van der Waals surface area contributed by atoms with Crippen LogP contribution >= 0.6 is 0 Å². The molecular weight excluding hydrogens is 538 g/mol. The van der Waals surface area contributed by atoms with Gasteiger partial charge in [-0.25, -0.2) is 0 Å². The third-order valence-corrected chi connectivity index (χ3v) is 9.39. The van der Waals surface area contributed by atoms with Crippen LogP contribution in [-0.2, 0) is 5.41 Å². The zero-order valence-electron chi connectivity index (χ0n) is 24.4. The van der Waals surface area contributed by atoms with Gasteiger partial charge in [0, 0.05) is 38.3 Å². The molecule has 0 unspecified atom stereocenters. The molecule has 2 aromatic heterocycles. The van der Waals surface area contributed by atoms with E-state index < -0.39 is 0 Å². The van der Waals surface area contributed by atoms with Crippen LogP contribution in [0, 0.1) is 11.3 Å². The third-order valence-electron chi connectivity index (χ3n) is 9.39. The van der Waals surface area contributed by atoms with Crippen molar-refractivity contribution in [3.8, 4) is 11.8 Å². The molecule has 9 rings (SSSR count). The summed E-state index contributed by atoms with van der Waals surface area (Å²) in [5.41, 5.74) is 11.6. The molecule has 0 aliphatic carbocycles. The Morgan fingerprint density at radius 2 is 1.16 bits per heavy atom. The molecule has 6 aromatic carbocycles. The molecule has 0 N–H and O–H groups in total. The van der Waals surface area contributed by atoms with Gasteiger partial charge in [0.25, 0.3) is 0 Å². The standard InChI is InChI=1S/C40H27N3O/c1-40(2)32-10-4-7-13-36(32)43(37-14-8-5-11-33(37)40)27-17-20-39-31(23-27)30-22-26(16-19-38(30)44-39)42-34-12-6-3-9-28(34)29-21-25(24-41)15-18-35(29)42/h3-23H,1-2H3. The van der Waals surface area contributed by atoms with Gasteiger partial charge in [-0.05, 0) is 83.9 Å². The Labute approximate surface area is 254 Å². The molecule has 0 fully saturated rings. The van der Waals surface area contributed by atoms with Crippen molar-refractivity contribution in [3.05, 3.63) is 144 Å². The highest BCUT2D eigenvalue weighted by molar-refractivity contribution is 6.11. The maximum atomic E-state index is 9.57. The van der Waals surface area contributed by atoms with Gasteiger partial charge in [-0.1, -0.05) is 68.4 Å². The molecule has 3 heterocycles. The molecule has 44 heavy (non-hydrogen) atoms. The van der Waals surface area contributed by atoms with E-state index in [1.54, 1.807) is 0 Å². The van der Waals surface area contributed by atoms with Crippen molar-refractivity contribution in [3.63, 3.8) is 0 Å². The molecule has 0 saturated heterocycles. The molecule has 0 atom stereocenters. The van der Waals surface area contributed by atoms with Crippen LogP contribution in [0.4, 0.5) is 17.1 Å². The summed E-state index contributed by atoms with van der Waals surface area (Å²) in [4.78, 5) is 2.39. The summed E-state index contributed by atoms with van der Waals surface area (Å²) in [7, 11) is 0.